The first-order valence-electron chi connectivity index (χ1n) is 9.59. The topological polar surface area (TPSA) is 74.3 Å². The van der Waals surface area contributed by atoms with Crippen LogP contribution in [0.1, 0.15) is 17.0 Å². The highest BCUT2D eigenvalue weighted by molar-refractivity contribution is 6.03. The third-order valence-corrected chi connectivity index (χ3v) is 5.28. The van der Waals surface area contributed by atoms with Gasteiger partial charge >= 0.3 is 12.1 Å². The molecule has 2 heterocycles. The maximum atomic E-state index is 13.1. The van der Waals surface area contributed by atoms with Crippen molar-refractivity contribution in [1.29, 1.82) is 0 Å². The summed E-state index contributed by atoms with van der Waals surface area (Å²) >= 11 is 0. The fourth-order valence-electron chi connectivity index (χ4n) is 3.65. The molecule has 2 amide bonds. The van der Waals surface area contributed by atoms with Crippen molar-refractivity contribution < 1.29 is 22.8 Å². The van der Waals surface area contributed by atoms with Gasteiger partial charge in [-0.25, -0.2) is 5.01 Å². The average molecular weight is 428 g/mol. The fraction of sp³-hybridized carbons (Fsp3) is 0.227. The molecule has 2 N–H and O–H groups in total. The first-order valence-corrected chi connectivity index (χ1v) is 9.59. The van der Waals surface area contributed by atoms with Gasteiger partial charge in [0.25, 0.3) is 0 Å². The van der Waals surface area contributed by atoms with Gasteiger partial charge in [0, 0.05) is 24.0 Å². The van der Waals surface area contributed by atoms with Crippen LogP contribution < -0.4 is 10.7 Å². The molecule has 0 bridgehead atoms. The van der Waals surface area contributed by atoms with Gasteiger partial charge in [-0.3, -0.25) is 20.0 Å². The monoisotopic (exact) mass is 428 g/mol. The van der Waals surface area contributed by atoms with E-state index in [4.69, 9.17) is 0 Å². The summed E-state index contributed by atoms with van der Waals surface area (Å²) in [4.78, 5) is 28.8. The van der Waals surface area contributed by atoms with Crippen LogP contribution in [0.4, 0.5) is 18.9 Å². The van der Waals surface area contributed by atoms with Crippen LogP contribution >= 0.6 is 0 Å². The standard InChI is InChI=1S/C22H19F3N4O2/c1-13-7-9-14(10-8-13)16-12-29(28-21(31)22(23,24)25)19(16)20(30)27-17-6-2-4-15-5-3-11-26-18(15)17/h2-11,16,19H,12H2,1H3,(H,27,30)(H,28,31)/t16-,19-/m0/s1. The van der Waals surface area contributed by atoms with Gasteiger partial charge in [0.15, 0.2) is 0 Å². The molecule has 1 saturated heterocycles. The second kappa shape index (κ2) is 7.99. The zero-order chi connectivity index (χ0) is 22.2. The van der Waals surface area contributed by atoms with Crippen molar-refractivity contribution >= 4 is 28.4 Å². The summed E-state index contributed by atoms with van der Waals surface area (Å²) in [7, 11) is 0. The van der Waals surface area contributed by atoms with Gasteiger partial charge in [0.1, 0.15) is 6.04 Å². The lowest BCUT2D eigenvalue weighted by Gasteiger charge is -2.46. The van der Waals surface area contributed by atoms with Crippen LogP contribution in [0.15, 0.2) is 60.8 Å². The number of anilines is 1. The summed E-state index contributed by atoms with van der Waals surface area (Å²) in [5, 5.41) is 4.60. The third kappa shape index (κ3) is 4.22. The van der Waals surface area contributed by atoms with Crippen molar-refractivity contribution in [2.75, 3.05) is 11.9 Å². The van der Waals surface area contributed by atoms with E-state index in [0.29, 0.717) is 11.2 Å². The van der Waals surface area contributed by atoms with Crippen molar-refractivity contribution in [3.8, 4) is 0 Å². The van der Waals surface area contributed by atoms with E-state index in [0.717, 1.165) is 21.5 Å². The number of fused-ring (bicyclic) bond motifs is 1. The van der Waals surface area contributed by atoms with Crippen LogP contribution in [0.2, 0.25) is 0 Å². The highest BCUT2D eigenvalue weighted by atomic mass is 19.4. The fourth-order valence-corrected chi connectivity index (χ4v) is 3.65. The summed E-state index contributed by atoms with van der Waals surface area (Å²) in [5.74, 6) is -3.02. The molecule has 0 saturated carbocycles. The minimum atomic E-state index is -5.05. The summed E-state index contributed by atoms with van der Waals surface area (Å²) in [6, 6.07) is 15.3. The molecule has 3 aromatic rings. The lowest BCUT2D eigenvalue weighted by Crippen LogP contribution is -2.67. The Kier molecular flexibility index (Phi) is 5.36. The predicted molar refractivity (Wildman–Crippen MR) is 109 cm³/mol. The van der Waals surface area contributed by atoms with Crippen molar-refractivity contribution in [3.63, 3.8) is 0 Å². The molecule has 2 aromatic carbocycles. The first kappa shape index (κ1) is 20.8. The Morgan fingerprint density at radius 1 is 1.06 bits per heavy atom. The van der Waals surface area contributed by atoms with Crippen molar-refractivity contribution in [2.45, 2.75) is 25.1 Å². The molecule has 1 fully saturated rings. The molecule has 1 aromatic heterocycles. The van der Waals surface area contributed by atoms with E-state index in [1.807, 2.05) is 48.7 Å². The number of aromatic nitrogens is 1. The molecular formula is C22H19F3N4O2. The Labute approximate surface area is 176 Å². The number of carbonyl (C=O) groups is 2. The Bertz CT molecular complexity index is 1130. The minimum Gasteiger partial charge on any atom is -0.323 e. The lowest BCUT2D eigenvalue weighted by molar-refractivity contribution is -0.183. The van der Waals surface area contributed by atoms with Crippen LogP contribution in [-0.4, -0.2) is 40.6 Å². The Morgan fingerprint density at radius 3 is 2.48 bits per heavy atom. The maximum absolute atomic E-state index is 13.1. The van der Waals surface area contributed by atoms with E-state index >= 15 is 0 Å². The quantitative estimate of drug-likeness (QED) is 0.667. The number of hydrogen-bond donors (Lipinski definition) is 2. The van der Waals surface area contributed by atoms with Gasteiger partial charge in [-0.2, -0.15) is 13.2 Å². The normalized spacial score (nSPS) is 19.0. The van der Waals surface area contributed by atoms with Crippen LogP contribution in [0, 0.1) is 6.92 Å². The molecule has 9 heteroatoms. The summed E-state index contributed by atoms with van der Waals surface area (Å²) < 4.78 is 38.2. The smallest absolute Gasteiger partial charge is 0.323 e. The van der Waals surface area contributed by atoms with E-state index in [1.165, 1.54) is 0 Å². The minimum absolute atomic E-state index is 0.0801. The maximum Gasteiger partial charge on any atom is 0.472 e. The van der Waals surface area contributed by atoms with E-state index < -0.39 is 24.0 Å². The van der Waals surface area contributed by atoms with Crippen molar-refractivity contribution in [1.82, 2.24) is 15.4 Å². The molecule has 0 radical (unpaired) electrons. The van der Waals surface area contributed by atoms with Crippen LogP contribution in [0.5, 0.6) is 0 Å². The number of hydrogen-bond acceptors (Lipinski definition) is 4. The van der Waals surface area contributed by atoms with Gasteiger partial charge in [-0.1, -0.05) is 48.0 Å². The molecule has 0 aliphatic carbocycles. The molecule has 0 spiro atoms. The van der Waals surface area contributed by atoms with E-state index in [9.17, 15) is 22.8 Å². The molecule has 2 atom stereocenters. The van der Waals surface area contributed by atoms with Crippen LogP contribution in [0.3, 0.4) is 0 Å². The Morgan fingerprint density at radius 2 is 1.77 bits per heavy atom. The largest absolute Gasteiger partial charge is 0.472 e. The van der Waals surface area contributed by atoms with E-state index in [1.54, 1.807) is 24.4 Å². The van der Waals surface area contributed by atoms with Gasteiger partial charge in [0.05, 0.1) is 11.2 Å². The summed E-state index contributed by atoms with van der Waals surface area (Å²) in [6.07, 6.45) is -3.46. The first-order chi connectivity index (χ1) is 14.7. The summed E-state index contributed by atoms with van der Waals surface area (Å²) in [5.41, 5.74) is 4.65. The SMILES string of the molecule is Cc1ccc([C@@H]2CN(NC(=O)C(F)(F)F)[C@@H]2C(=O)Nc2cccc3cccnc23)cc1. The Hall–Kier alpha value is -3.46. The van der Waals surface area contributed by atoms with Crippen molar-refractivity contribution in [3.05, 3.63) is 71.9 Å². The van der Waals surface area contributed by atoms with Gasteiger partial charge in [0.2, 0.25) is 5.91 Å². The van der Waals surface area contributed by atoms with Gasteiger partial charge in [-0.05, 0) is 24.6 Å². The second-order valence-corrected chi connectivity index (χ2v) is 7.42. The number of hydrazine groups is 1. The Balaban J connectivity index is 1.61. The zero-order valence-corrected chi connectivity index (χ0v) is 16.5. The number of alkyl halides is 3. The number of nitrogens with one attached hydrogen (secondary N) is 2. The van der Waals surface area contributed by atoms with Crippen molar-refractivity contribution in [2.24, 2.45) is 0 Å². The van der Waals surface area contributed by atoms with E-state index in [2.05, 4.69) is 10.3 Å². The number of pyridine rings is 1. The number of rotatable bonds is 4. The summed E-state index contributed by atoms with van der Waals surface area (Å²) in [6.45, 7) is 1.99. The predicted octanol–water partition coefficient (Wildman–Crippen LogP) is 3.54. The van der Waals surface area contributed by atoms with E-state index in [-0.39, 0.29) is 12.5 Å². The number of halogens is 3. The number of para-hydroxylation sites is 1. The number of benzene rings is 2. The third-order valence-electron chi connectivity index (χ3n) is 5.28. The highest BCUT2D eigenvalue weighted by Crippen LogP contribution is 2.35. The number of amides is 2. The molecule has 6 nitrogen and oxygen atoms in total. The molecule has 160 valence electrons. The molecule has 0 unspecified atom stereocenters. The molecule has 1 aliphatic heterocycles. The molecule has 1 aliphatic rings. The average Bonchev–Trinajstić information content (AvgIpc) is 2.71. The lowest BCUT2D eigenvalue weighted by atomic mass is 9.83. The number of carbonyl (C=O) groups excluding carboxylic acids is 2. The molecular weight excluding hydrogens is 409 g/mol. The van der Waals surface area contributed by atoms with Crippen LogP contribution in [-0.2, 0) is 9.59 Å². The number of nitrogens with zero attached hydrogens (tertiary/aromatic N) is 2. The van der Waals surface area contributed by atoms with Gasteiger partial charge in [-0.15, -0.1) is 0 Å². The zero-order valence-electron chi connectivity index (χ0n) is 16.5. The number of aryl methyl sites for hydroxylation is 1. The van der Waals surface area contributed by atoms with Gasteiger partial charge < -0.3 is 5.32 Å². The molecule has 4 rings (SSSR count). The molecule has 31 heavy (non-hydrogen) atoms. The highest BCUT2D eigenvalue weighted by Gasteiger charge is 2.49. The van der Waals surface area contributed by atoms with Crippen LogP contribution in [0.25, 0.3) is 10.9 Å². The second-order valence-electron chi connectivity index (χ2n) is 7.42.